The van der Waals surface area contributed by atoms with Crippen LogP contribution in [0.3, 0.4) is 0 Å². The molecule has 4 heteroatoms. The Kier molecular flexibility index (Phi) is 2.57. The molecule has 4 nitrogen and oxygen atoms in total. The predicted octanol–water partition coefficient (Wildman–Crippen LogP) is 2.12. The number of aliphatic hydroxyl groups is 1. The maximum atomic E-state index is 10.5. The topological polar surface area (TPSA) is 50.4 Å². The average molecular weight is 239 g/mol. The molecule has 0 aliphatic heterocycles. The normalized spacial score (nSPS) is 12.8. The highest BCUT2D eigenvalue weighted by atomic mass is 16.3. The van der Waals surface area contributed by atoms with E-state index < -0.39 is 6.10 Å². The third-order valence-electron chi connectivity index (χ3n) is 3.13. The molecule has 2 heterocycles. The first kappa shape index (κ1) is 10.9. The molecule has 0 fully saturated rings. The van der Waals surface area contributed by atoms with Crippen molar-refractivity contribution in [3.8, 4) is 0 Å². The highest BCUT2D eigenvalue weighted by Gasteiger charge is 2.17. The lowest BCUT2D eigenvalue weighted by Crippen LogP contribution is -2.01. The van der Waals surface area contributed by atoms with Crippen molar-refractivity contribution < 1.29 is 5.11 Å². The van der Waals surface area contributed by atoms with Gasteiger partial charge in [0.25, 0.3) is 0 Å². The van der Waals surface area contributed by atoms with Crippen LogP contribution in [-0.2, 0) is 0 Å². The van der Waals surface area contributed by atoms with Crippen molar-refractivity contribution in [2.45, 2.75) is 13.0 Å². The number of fused-ring (bicyclic) bond motifs is 1. The van der Waals surface area contributed by atoms with Gasteiger partial charge in [0.15, 0.2) is 0 Å². The van der Waals surface area contributed by atoms with Crippen LogP contribution in [0.2, 0.25) is 0 Å². The van der Waals surface area contributed by atoms with Gasteiger partial charge in [-0.1, -0.05) is 24.3 Å². The molecule has 0 bridgehead atoms. The standard InChI is InChI=1S/C14H13N3O/c1-10-4-2-3-5-11(10)14(18)12-8-16-17-7-6-15-9-13(12)17/h2-9,14,18H,1H3. The van der Waals surface area contributed by atoms with E-state index in [4.69, 9.17) is 0 Å². The van der Waals surface area contributed by atoms with Crippen molar-refractivity contribution >= 4 is 5.52 Å². The smallest absolute Gasteiger partial charge is 0.108 e. The Morgan fingerprint density at radius 3 is 2.83 bits per heavy atom. The molecular weight excluding hydrogens is 226 g/mol. The van der Waals surface area contributed by atoms with E-state index in [9.17, 15) is 5.11 Å². The third kappa shape index (κ3) is 1.67. The molecule has 0 aliphatic rings. The molecular formula is C14H13N3O. The predicted molar refractivity (Wildman–Crippen MR) is 68.2 cm³/mol. The van der Waals surface area contributed by atoms with Crippen molar-refractivity contribution in [3.63, 3.8) is 0 Å². The van der Waals surface area contributed by atoms with E-state index in [-0.39, 0.29) is 0 Å². The van der Waals surface area contributed by atoms with Crippen LogP contribution in [0.1, 0.15) is 22.8 Å². The molecule has 3 aromatic rings. The van der Waals surface area contributed by atoms with E-state index in [0.29, 0.717) is 0 Å². The molecule has 1 aromatic carbocycles. The Morgan fingerprint density at radius 2 is 2.00 bits per heavy atom. The highest BCUT2D eigenvalue weighted by molar-refractivity contribution is 5.55. The minimum absolute atomic E-state index is 0.673. The molecule has 2 aromatic heterocycles. The van der Waals surface area contributed by atoms with Gasteiger partial charge in [-0.25, -0.2) is 4.52 Å². The fourth-order valence-electron chi connectivity index (χ4n) is 2.12. The van der Waals surface area contributed by atoms with Gasteiger partial charge in [-0.3, -0.25) is 4.98 Å². The molecule has 0 aliphatic carbocycles. The molecule has 0 amide bonds. The SMILES string of the molecule is Cc1ccccc1C(O)c1cnn2ccncc12. The van der Waals surface area contributed by atoms with Crippen molar-refractivity contribution in [3.05, 3.63) is 65.7 Å². The van der Waals surface area contributed by atoms with Crippen LogP contribution in [0.25, 0.3) is 5.52 Å². The first-order valence-corrected chi connectivity index (χ1v) is 5.78. The van der Waals surface area contributed by atoms with Gasteiger partial charge in [0.2, 0.25) is 0 Å². The summed E-state index contributed by atoms with van der Waals surface area (Å²) < 4.78 is 1.71. The summed E-state index contributed by atoms with van der Waals surface area (Å²) >= 11 is 0. The Bertz CT molecular complexity index is 690. The number of aliphatic hydroxyl groups excluding tert-OH is 1. The molecule has 0 spiro atoms. The van der Waals surface area contributed by atoms with Gasteiger partial charge in [0.05, 0.1) is 17.9 Å². The largest absolute Gasteiger partial charge is 0.384 e. The molecule has 0 saturated carbocycles. The molecule has 90 valence electrons. The van der Waals surface area contributed by atoms with Crippen LogP contribution in [0.4, 0.5) is 0 Å². The number of aryl methyl sites for hydroxylation is 1. The van der Waals surface area contributed by atoms with Crippen molar-refractivity contribution in [1.29, 1.82) is 0 Å². The van der Waals surface area contributed by atoms with E-state index in [2.05, 4.69) is 10.1 Å². The lowest BCUT2D eigenvalue weighted by atomic mass is 9.99. The third-order valence-corrected chi connectivity index (χ3v) is 3.13. The van der Waals surface area contributed by atoms with Gasteiger partial charge < -0.3 is 5.11 Å². The summed E-state index contributed by atoms with van der Waals surface area (Å²) in [4.78, 5) is 4.07. The number of rotatable bonds is 2. The maximum absolute atomic E-state index is 10.5. The second-order valence-electron chi connectivity index (χ2n) is 4.27. The molecule has 0 radical (unpaired) electrons. The monoisotopic (exact) mass is 239 g/mol. The van der Waals surface area contributed by atoms with Crippen molar-refractivity contribution in [2.75, 3.05) is 0 Å². The minimum Gasteiger partial charge on any atom is -0.384 e. The number of benzene rings is 1. The summed E-state index contributed by atoms with van der Waals surface area (Å²) in [7, 11) is 0. The zero-order chi connectivity index (χ0) is 12.5. The van der Waals surface area contributed by atoms with Crippen LogP contribution < -0.4 is 0 Å². The zero-order valence-corrected chi connectivity index (χ0v) is 9.99. The van der Waals surface area contributed by atoms with Gasteiger partial charge in [0, 0.05) is 18.0 Å². The summed E-state index contributed by atoms with van der Waals surface area (Å²) in [6.45, 7) is 1.99. The summed E-state index contributed by atoms with van der Waals surface area (Å²) in [5.74, 6) is 0. The van der Waals surface area contributed by atoms with Gasteiger partial charge in [-0.05, 0) is 18.1 Å². The van der Waals surface area contributed by atoms with Crippen LogP contribution in [0, 0.1) is 6.92 Å². The van der Waals surface area contributed by atoms with Crippen molar-refractivity contribution in [1.82, 2.24) is 14.6 Å². The fraction of sp³-hybridized carbons (Fsp3) is 0.143. The number of hydrogen-bond donors (Lipinski definition) is 1. The molecule has 1 N–H and O–H groups in total. The Labute approximate surface area is 105 Å². The fourth-order valence-corrected chi connectivity index (χ4v) is 2.12. The lowest BCUT2D eigenvalue weighted by molar-refractivity contribution is 0.221. The summed E-state index contributed by atoms with van der Waals surface area (Å²) in [6.07, 6.45) is 6.17. The summed E-state index contributed by atoms with van der Waals surface area (Å²) in [5.41, 5.74) is 3.56. The Morgan fingerprint density at radius 1 is 1.17 bits per heavy atom. The molecule has 18 heavy (non-hydrogen) atoms. The van der Waals surface area contributed by atoms with Crippen molar-refractivity contribution in [2.24, 2.45) is 0 Å². The van der Waals surface area contributed by atoms with E-state index in [0.717, 1.165) is 22.2 Å². The van der Waals surface area contributed by atoms with Crippen LogP contribution >= 0.6 is 0 Å². The van der Waals surface area contributed by atoms with Gasteiger partial charge in [-0.2, -0.15) is 5.10 Å². The minimum atomic E-state index is -0.673. The second-order valence-corrected chi connectivity index (χ2v) is 4.27. The van der Waals surface area contributed by atoms with Crippen LogP contribution in [0.15, 0.2) is 49.1 Å². The number of nitrogens with zero attached hydrogens (tertiary/aromatic N) is 3. The zero-order valence-electron chi connectivity index (χ0n) is 9.99. The first-order chi connectivity index (χ1) is 8.77. The first-order valence-electron chi connectivity index (χ1n) is 5.78. The van der Waals surface area contributed by atoms with E-state index in [1.54, 1.807) is 29.3 Å². The van der Waals surface area contributed by atoms with Gasteiger partial charge in [-0.15, -0.1) is 0 Å². The van der Waals surface area contributed by atoms with Gasteiger partial charge in [0.1, 0.15) is 6.10 Å². The molecule has 1 atom stereocenters. The van der Waals surface area contributed by atoms with Gasteiger partial charge >= 0.3 is 0 Å². The molecule has 0 saturated heterocycles. The quantitative estimate of drug-likeness (QED) is 0.745. The van der Waals surface area contributed by atoms with Crippen LogP contribution in [-0.4, -0.2) is 19.7 Å². The number of aromatic nitrogens is 3. The molecule has 1 unspecified atom stereocenters. The van der Waals surface area contributed by atoms with E-state index in [1.165, 1.54) is 0 Å². The van der Waals surface area contributed by atoms with E-state index >= 15 is 0 Å². The average Bonchev–Trinajstić information content (AvgIpc) is 2.82. The lowest BCUT2D eigenvalue weighted by Gasteiger charge is -2.12. The second kappa shape index (κ2) is 4.23. The Hall–Kier alpha value is -2.20. The number of hydrogen-bond acceptors (Lipinski definition) is 3. The highest BCUT2D eigenvalue weighted by Crippen LogP contribution is 2.27. The maximum Gasteiger partial charge on any atom is 0.108 e. The summed E-state index contributed by atoms with van der Waals surface area (Å²) in [5, 5.41) is 14.7. The molecule has 3 rings (SSSR count). The Balaban J connectivity index is 2.13. The summed E-state index contributed by atoms with van der Waals surface area (Å²) in [6, 6.07) is 7.81. The van der Waals surface area contributed by atoms with Crippen LogP contribution in [0.5, 0.6) is 0 Å². The van der Waals surface area contributed by atoms with E-state index in [1.807, 2.05) is 31.2 Å².